The van der Waals surface area contributed by atoms with Crippen molar-refractivity contribution < 1.29 is 17.9 Å². The molecule has 8 nitrogen and oxygen atoms in total. The van der Waals surface area contributed by atoms with Crippen LogP contribution in [-0.2, 0) is 21.9 Å². The van der Waals surface area contributed by atoms with E-state index in [2.05, 4.69) is 4.72 Å². The van der Waals surface area contributed by atoms with Crippen LogP contribution in [0.25, 0.3) is 0 Å². The van der Waals surface area contributed by atoms with Crippen LogP contribution in [-0.4, -0.2) is 49.5 Å². The van der Waals surface area contributed by atoms with Gasteiger partial charge in [0.1, 0.15) is 11.9 Å². The second kappa shape index (κ2) is 9.84. The maximum atomic E-state index is 12.5. The van der Waals surface area contributed by atoms with Crippen molar-refractivity contribution in [1.82, 2.24) is 14.2 Å². The maximum absolute atomic E-state index is 12.5. The number of pyridine rings is 1. The molecule has 0 bridgehead atoms. The summed E-state index contributed by atoms with van der Waals surface area (Å²) in [6.45, 7) is 2.90. The van der Waals surface area contributed by atoms with Crippen LogP contribution in [0.1, 0.15) is 25.0 Å². The molecule has 0 spiro atoms. The molecule has 1 aliphatic rings. The number of hydrogen-bond acceptors (Lipinski definition) is 5. The number of piperidine rings is 1. The first-order valence-electron chi connectivity index (χ1n) is 10.0. The first-order valence-corrected chi connectivity index (χ1v) is 11.9. The molecule has 1 fully saturated rings. The minimum atomic E-state index is -3.72. The van der Waals surface area contributed by atoms with Crippen molar-refractivity contribution in [3.8, 4) is 5.75 Å². The third-order valence-corrected chi connectivity index (χ3v) is 7.01. The number of rotatable bonds is 7. The van der Waals surface area contributed by atoms with Crippen LogP contribution in [0, 0.1) is 6.92 Å². The van der Waals surface area contributed by atoms with Gasteiger partial charge in [-0.3, -0.25) is 9.59 Å². The molecule has 2 heterocycles. The number of carbonyl (C=O) groups is 1. The molecule has 0 unspecified atom stereocenters. The van der Waals surface area contributed by atoms with E-state index in [4.69, 9.17) is 16.3 Å². The summed E-state index contributed by atoms with van der Waals surface area (Å²) < 4.78 is 34.5. The van der Waals surface area contributed by atoms with Crippen molar-refractivity contribution in [3.63, 3.8) is 0 Å². The Morgan fingerprint density at radius 3 is 2.58 bits per heavy atom. The van der Waals surface area contributed by atoms with Crippen LogP contribution < -0.4 is 15.0 Å². The number of nitrogens with zero attached hydrogens (tertiary/aromatic N) is 2. The fourth-order valence-electron chi connectivity index (χ4n) is 3.39. The van der Waals surface area contributed by atoms with E-state index in [1.54, 1.807) is 28.6 Å². The van der Waals surface area contributed by atoms with Gasteiger partial charge in [0.05, 0.1) is 4.90 Å². The van der Waals surface area contributed by atoms with Crippen LogP contribution >= 0.6 is 11.6 Å². The van der Waals surface area contributed by atoms with Crippen LogP contribution in [0.2, 0.25) is 5.02 Å². The minimum absolute atomic E-state index is 0.0106. The van der Waals surface area contributed by atoms with Crippen LogP contribution in [0.15, 0.2) is 46.1 Å². The highest BCUT2D eigenvalue weighted by Gasteiger charge is 2.24. The summed E-state index contributed by atoms with van der Waals surface area (Å²) in [5.74, 6) is 0.428. The third kappa shape index (κ3) is 6.09. The predicted octanol–water partition coefficient (Wildman–Crippen LogP) is 2.09. The summed E-state index contributed by atoms with van der Waals surface area (Å²) in [5.41, 5.74) is 0.693. The molecule has 0 saturated carbocycles. The highest BCUT2D eigenvalue weighted by Crippen LogP contribution is 2.19. The number of likely N-dealkylation sites (tertiary alicyclic amines) is 1. The number of aryl methyl sites for hydroxylation is 1. The van der Waals surface area contributed by atoms with E-state index in [9.17, 15) is 18.0 Å². The smallest absolute Gasteiger partial charge is 0.254 e. The summed E-state index contributed by atoms with van der Waals surface area (Å²) in [6, 6.07) is 9.26. The minimum Gasteiger partial charge on any atom is -0.490 e. The van der Waals surface area contributed by atoms with E-state index in [0.717, 1.165) is 5.69 Å². The average molecular weight is 468 g/mol. The Kier molecular flexibility index (Phi) is 7.40. The zero-order chi connectivity index (χ0) is 22.6. The van der Waals surface area contributed by atoms with Gasteiger partial charge in [-0.05, 0) is 31.2 Å². The standard InChI is InChI=1S/C21H26ClN3O5S/c1-15-12-18(14-21(27)24(15)2)30-17-7-10-25(11-8-17)20(26)6-9-23-31(28,29)19-5-3-4-16(22)13-19/h3-5,12-14,17,23H,6-11H2,1-2H3. The number of carbonyl (C=O) groups excluding carboxylic acids is 1. The molecule has 1 amide bonds. The van der Waals surface area contributed by atoms with Crippen molar-refractivity contribution in [2.75, 3.05) is 19.6 Å². The van der Waals surface area contributed by atoms with Crippen LogP contribution in [0.4, 0.5) is 0 Å². The van der Waals surface area contributed by atoms with Gasteiger partial charge < -0.3 is 14.2 Å². The van der Waals surface area contributed by atoms with E-state index >= 15 is 0 Å². The monoisotopic (exact) mass is 467 g/mol. The Bertz CT molecular complexity index is 1110. The quantitative estimate of drug-likeness (QED) is 0.672. The van der Waals surface area contributed by atoms with Crippen molar-refractivity contribution in [2.45, 2.75) is 37.2 Å². The van der Waals surface area contributed by atoms with E-state index in [-0.39, 0.29) is 35.4 Å². The summed E-state index contributed by atoms with van der Waals surface area (Å²) in [5, 5.41) is 0.329. The number of benzene rings is 1. The first kappa shape index (κ1) is 23.3. The molecule has 1 aromatic carbocycles. The predicted molar refractivity (Wildman–Crippen MR) is 118 cm³/mol. The van der Waals surface area contributed by atoms with Crippen molar-refractivity contribution in [2.24, 2.45) is 7.05 Å². The maximum Gasteiger partial charge on any atom is 0.254 e. The number of nitrogens with one attached hydrogen (secondary N) is 1. The number of ether oxygens (including phenoxy) is 1. The molecule has 0 atom stereocenters. The Morgan fingerprint density at radius 1 is 1.23 bits per heavy atom. The van der Waals surface area contributed by atoms with Gasteiger partial charge in [0.15, 0.2) is 0 Å². The van der Waals surface area contributed by atoms with Gasteiger partial charge in [0.25, 0.3) is 5.56 Å². The van der Waals surface area contributed by atoms with Gasteiger partial charge in [-0.2, -0.15) is 0 Å². The van der Waals surface area contributed by atoms with Gasteiger partial charge in [0, 0.05) is 62.7 Å². The van der Waals surface area contributed by atoms with Crippen molar-refractivity contribution in [3.05, 3.63) is 57.5 Å². The molecule has 10 heteroatoms. The lowest BCUT2D eigenvalue weighted by Crippen LogP contribution is -2.42. The topological polar surface area (TPSA) is 97.7 Å². The Hall–Kier alpha value is -2.36. The molecule has 168 valence electrons. The second-order valence-corrected chi connectivity index (χ2v) is 9.74. The van der Waals surface area contributed by atoms with E-state index in [1.165, 1.54) is 18.2 Å². The Labute approximate surface area is 186 Å². The van der Waals surface area contributed by atoms with Gasteiger partial charge in [-0.25, -0.2) is 13.1 Å². The molecule has 1 aromatic heterocycles. The van der Waals surface area contributed by atoms with Gasteiger partial charge in [-0.15, -0.1) is 0 Å². The molecule has 1 saturated heterocycles. The molecular formula is C21H26ClN3O5S. The van der Waals surface area contributed by atoms with Gasteiger partial charge in [0.2, 0.25) is 15.9 Å². The molecule has 1 aliphatic heterocycles. The molecule has 3 rings (SSSR count). The molecule has 1 N–H and O–H groups in total. The number of hydrogen-bond donors (Lipinski definition) is 1. The lowest BCUT2D eigenvalue weighted by Gasteiger charge is -2.32. The molecular weight excluding hydrogens is 442 g/mol. The summed E-state index contributed by atoms with van der Waals surface area (Å²) >= 11 is 5.84. The molecule has 31 heavy (non-hydrogen) atoms. The number of halogens is 1. The zero-order valence-electron chi connectivity index (χ0n) is 17.5. The summed E-state index contributed by atoms with van der Waals surface area (Å²) in [4.78, 5) is 26.1. The Balaban J connectivity index is 1.45. The molecule has 0 aliphatic carbocycles. The van der Waals surface area contributed by atoms with E-state index in [1.807, 2.05) is 13.0 Å². The number of aromatic nitrogens is 1. The van der Waals surface area contributed by atoms with Crippen LogP contribution in [0.3, 0.4) is 0 Å². The second-order valence-electron chi connectivity index (χ2n) is 7.53. The number of amides is 1. The summed E-state index contributed by atoms with van der Waals surface area (Å²) in [7, 11) is -2.01. The van der Waals surface area contributed by atoms with Gasteiger partial charge >= 0.3 is 0 Å². The highest BCUT2D eigenvalue weighted by molar-refractivity contribution is 7.89. The number of sulfonamides is 1. The highest BCUT2D eigenvalue weighted by atomic mass is 35.5. The van der Waals surface area contributed by atoms with E-state index < -0.39 is 10.0 Å². The van der Waals surface area contributed by atoms with Gasteiger partial charge in [-0.1, -0.05) is 17.7 Å². The first-order chi connectivity index (χ1) is 14.7. The SMILES string of the molecule is Cc1cc(OC2CCN(C(=O)CCNS(=O)(=O)c3cccc(Cl)c3)CC2)cc(=O)n1C. The third-order valence-electron chi connectivity index (χ3n) is 5.31. The molecule has 2 aromatic rings. The van der Waals surface area contributed by atoms with Crippen LogP contribution in [0.5, 0.6) is 5.75 Å². The normalized spacial score (nSPS) is 15.1. The lowest BCUT2D eigenvalue weighted by atomic mass is 10.1. The average Bonchev–Trinajstić information content (AvgIpc) is 2.72. The molecule has 0 radical (unpaired) electrons. The largest absolute Gasteiger partial charge is 0.490 e. The fraction of sp³-hybridized carbons (Fsp3) is 0.429. The van der Waals surface area contributed by atoms with Crippen molar-refractivity contribution in [1.29, 1.82) is 0 Å². The Morgan fingerprint density at radius 2 is 1.94 bits per heavy atom. The van der Waals surface area contributed by atoms with Crippen molar-refractivity contribution >= 4 is 27.5 Å². The lowest BCUT2D eigenvalue weighted by molar-refractivity contribution is -0.132. The summed E-state index contributed by atoms with van der Waals surface area (Å²) in [6.07, 6.45) is 1.29. The zero-order valence-corrected chi connectivity index (χ0v) is 19.1. The van der Waals surface area contributed by atoms with E-state index in [0.29, 0.717) is 36.7 Å². The fourth-order valence-corrected chi connectivity index (χ4v) is 4.72.